The van der Waals surface area contributed by atoms with Gasteiger partial charge in [0.25, 0.3) is 5.91 Å². The molecular weight excluding hydrogens is 553 g/mol. The quantitative estimate of drug-likeness (QED) is 0.263. The van der Waals surface area contributed by atoms with E-state index in [1.54, 1.807) is 24.3 Å². The summed E-state index contributed by atoms with van der Waals surface area (Å²) in [5, 5.41) is 32.2. The monoisotopic (exact) mass is 587 g/mol. The van der Waals surface area contributed by atoms with Crippen LogP contribution in [0.5, 0.6) is 0 Å². The molecule has 0 bridgehead atoms. The van der Waals surface area contributed by atoms with Crippen LogP contribution in [0.15, 0.2) is 48.5 Å². The van der Waals surface area contributed by atoms with Crippen LogP contribution in [0.1, 0.15) is 61.4 Å². The third kappa shape index (κ3) is 6.35. The summed E-state index contributed by atoms with van der Waals surface area (Å²) in [5.74, 6) is -1.94. The fourth-order valence-electron chi connectivity index (χ4n) is 5.81. The number of nitrogens with zero attached hydrogens (tertiary/aromatic N) is 2. The van der Waals surface area contributed by atoms with Crippen LogP contribution in [0.3, 0.4) is 0 Å². The van der Waals surface area contributed by atoms with Crippen LogP contribution in [0.4, 0.5) is 14.9 Å². The van der Waals surface area contributed by atoms with Gasteiger partial charge in [0.2, 0.25) is 0 Å². The predicted molar refractivity (Wildman–Crippen MR) is 160 cm³/mol. The van der Waals surface area contributed by atoms with Crippen LogP contribution in [0.25, 0.3) is 28.5 Å². The number of hydrogen-bond acceptors (Lipinski definition) is 6. The van der Waals surface area contributed by atoms with Gasteiger partial charge in [-0.2, -0.15) is 0 Å². The SMILES string of the molecule is CC(C)c1nc2c(c(-c3ccc(F)cc3)c1/C=C/[C@@H](O)C[C@@H](O)CC(=O)O)CCCc1ccc(N3C(=O)CNC3=O)cc1-2. The summed E-state index contributed by atoms with van der Waals surface area (Å²) >= 11 is 0. The second kappa shape index (κ2) is 12.4. The van der Waals surface area contributed by atoms with Crippen molar-refractivity contribution in [1.82, 2.24) is 10.3 Å². The number of aliphatic carboxylic acids is 1. The average molecular weight is 588 g/mol. The largest absolute Gasteiger partial charge is 0.481 e. The van der Waals surface area contributed by atoms with Gasteiger partial charge in [0.15, 0.2) is 0 Å². The topological polar surface area (TPSA) is 140 Å². The third-order valence-electron chi connectivity index (χ3n) is 7.78. The Labute approximate surface area is 248 Å². The number of carbonyl (C=O) groups excluding carboxylic acids is 2. The van der Waals surface area contributed by atoms with Crippen molar-refractivity contribution in [2.45, 2.75) is 64.1 Å². The van der Waals surface area contributed by atoms with Crippen LogP contribution in [-0.4, -0.2) is 57.0 Å². The lowest BCUT2D eigenvalue weighted by molar-refractivity contribution is -0.139. The number of carbonyl (C=O) groups is 3. The molecule has 1 fully saturated rings. The first-order valence-corrected chi connectivity index (χ1v) is 14.4. The second-order valence-electron chi connectivity index (χ2n) is 11.3. The number of aryl methyl sites for hydroxylation is 1. The van der Waals surface area contributed by atoms with Crippen molar-refractivity contribution < 1.29 is 34.1 Å². The Morgan fingerprint density at radius 3 is 2.51 bits per heavy atom. The van der Waals surface area contributed by atoms with Gasteiger partial charge in [-0.3, -0.25) is 14.6 Å². The maximum atomic E-state index is 14.0. The Morgan fingerprint density at radius 2 is 1.86 bits per heavy atom. The van der Waals surface area contributed by atoms with Crippen LogP contribution >= 0.6 is 0 Å². The van der Waals surface area contributed by atoms with E-state index < -0.39 is 30.6 Å². The number of fused-ring (bicyclic) bond motifs is 3. The molecule has 1 aromatic heterocycles. The number of nitrogens with one attached hydrogen (secondary N) is 1. The van der Waals surface area contributed by atoms with E-state index in [9.17, 15) is 29.0 Å². The summed E-state index contributed by atoms with van der Waals surface area (Å²) < 4.78 is 14.0. The number of benzene rings is 2. The lowest BCUT2D eigenvalue weighted by Crippen LogP contribution is -2.30. The number of anilines is 1. The number of carboxylic acid groups (broad SMARTS) is 1. The van der Waals surface area contributed by atoms with Crippen molar-refractivity contribution in [1.29, 1.82) is 0 Å². The van der Waals surface area contributed by atoms with Crippen LogP contribution in [0.2, 0.25) is 0 Å². The van der Waals surface area contributed by atoms with E-state index in [1.807, 2.05) is 26.0 Å². The molecule has 0 spiro atoms. The van der Waals surface area contributed by atoms with Crippen molar-refractivity contribution in [3.05, 3.63) is 76.7 Å². The molecule has 2 aromatic carbocycles. The number of pyridine rings is 1. The highest BCUT2D eigenvalue weighted by Gasteiger charge is 2.32. The number of carboxylic acids is 1. The number of hydrogen-bond donors (Lipinski definition) is 4. The van der Waals surface area contributed by atoms with Crippen LogP contribution in [0, 0.1) is 5.82 Å². The molecule has 3 aromatic rings. The molecule has 3 amide bonds. The van der Waals surface area contributed by atoms with E-state index in [-0.39, 0.29) is 30.6 Å². The summed E-state index contributed by atoms with van der Waals surface area (Å²) in [6, 6.07) is 11.2. The van der Waals surface area contributed by atoms with Gasteiger partial charge in [0.05, 0.1) is 42.2 Å². The number of aromatic nitrogens is 1. The zero-order valence-electron chi connectivity index (χ0n) is 24.0. The van der Waals surface area contributed by atoms with E-state index in [0.717, 1.165) is 62.5 Å². The van der Waals surface area contributed by atoms with E-state index >= 15 is 0 Å². The molecule has 0 unspecified atom stereocenters. The van der Waals surface area contributed by atoms with Gasteiger partial charge in [0.1, 0.15) is 5.82 Å². The third-order valence-corrected chi connectivity index (χ3v) is 7.78. The molecule has 0 saturated carbocycles. The summed E-state index contributed by atoms with van der Waals surface area (Å²) in [4.78, 5) is 42.2. The zero-order chi connectivity index (χ0) is 30.8. The number of imide groups is 1. The molecule has 5 rings (SSSR count). The lowest BCUT2D eigenvalue weighted by atomic mass is 9.86. The molecule has 1 aliphatic carbocycles. The number of aliphatic hydroxyl groups is 2. The number of aliphatic hydroxyl groups excluding tert-OH is 2. The van der Waals surface area contributed by atoms with Crippen molar-refractivity contribution >= 4 is 29.7 Å². The predicted octanol–water partition coefficient (Wildman–Crippen LogP) is 4.82. The van der Waals surface area contributed by atoms with Crippen molar-refractivity contribution in [2.24, 2.45) is 0 Å². The van der Waals surface area contributed by atoms with Crippen molar-refractivity contribution in [3.8, 4) is 22.4 Å². The van der Waals surface area contributed by atoms with Crippen LogP contribution in [-0.2, 0) is 22.4 Å². The molecule has 2 heterocycles. The minimum absolute atomic E-state index is 0.0636. The molecule has 1 saturated heterocycles. The van der Waals surface area contributed by atoms with Gasteiger partial charge in [-0.15, -0.1) is 0 Å². The number of rotatable bonds is 9. The standard InChI is InChI=1S/C33H34FN3O6/c1-18(2)31-26(13-12-23(38)15-24(39)16-29(41)42)30(20-6-9-21(34)10-7-20)25-5-3-4-19-8-11-22(14-27(19)32(25)36-31)37-28(40)17-35-33(37)43/h6-14,18,23-24,38-39H,3-5,15-17H2,1-2H3,(H,35,43)(H,41,42)/b13-12+/t23-,24-/m1/s1. The fourth-order valence-corrected chi connectivity index (χ4v) is 5.81. The summed E-state index contributed by atoms with van der Waals surface area (Å²) in [6.45, 7) is 3.93. The first-order valence-electron chi connectivity index (χ1n) is 14.4. The average Bonchev–Trinajstić information content (AvgIpc) is 3.18. The molecule has 2 atom stereocenters. The molecule has 43 heavy (non-hydrogen) atoms. The molecule has 9 nitrogen and oxygen atoms in total. The normalized spacial score (nSPS) is 16.2. The molecular formula is C33H34FN3O6. The highest BCUT2D eigenvalue weighted by Crippen LogP contribution is 2.43. The second-order valence-corrected chi connectivity index (χ2v) is 11.3. The van der Waals surface area contributed by atoms with Gasteiger partial charge in [0, 0.05) is 17.5 Å². The molecule has 224 valence electrons. The summed E-state index contributed by atoms with van der Waals surface area (Å²) in [7, 11) is 0. The number of halogens is 1. The molecule has 1 aliphatic heterocycles. The first kappa shape index (κ1) is 30.1. The molecule has 10 heteroatoms. The molecule has 0 radical (unpaired) electrons. The Balaban J connectivity index is 1.70. The maximum Gasteiger partial charge on any atom is 0.329 e. The van der Waals surface area contributed by atoms with Gasteiger partial charge in [-0.25, -0.2) is 14.1 Å². The van der Waals surface area contributed by atoms with Gasteiger partial charge < -0.3 is 20.6 Å². The van der Waals surface area contributed by atoms with Crippen molar-refractivity contribution in [2.75, 3.05) is 11.4 Å². The number of amides is 3. The van der Waals surface area contributed by atoms with Gasteiger partial charge >= 0.3 is 12.0 Å². The number of urea groups is 1. The van der Waals surface area contributed by atoms with Crippen LogP contribution < -0.4 is 10.2 Å². The molecule has 4 N–H and O–H groups in total. The van der Waals surface area contributed by atoms with E-state index in [4.69, 9.17) is 10.1 Å². The van der Waals surface area contributed by atoms with Gasteiger partial charge in [-0.1, -0.05) is 44.2 Å². The Kier molecular flexibility index (Phi) is 8.70. The van der Waals surface area contributed by atoms with Gasteiger partial charge in [-0.05, 0) is 71.7 Å². The zero-order valence-corrected chi connectivity index (χ0v) is 24.0. The van der Waals surface area contributed by atoms with E-state index in [0.29, 0.717) is 12.1 Å². The Morgan fingerprint density at radius 1 is 1.12 bits per heavy atom. The fraction of sp³-hybridized carbons (Fsp3) is 0.333. The minimum Gasteiger partial charge on any atom is -0.481 e. The van der Waals surface area contributed by atoms with Crippen molar-refractivity contribution in [3.63, 3.8) is 0 Å². The Bertz CT molecular complexity index is 1590. The molecule has 2 aliphatic rings. The highest BCUT2D eigenvalue weighted by molar-refractivity contribution is 6.20. The smallest absolute Gasteiger partial charge is 0.329 e. The van der Waals surface area contributed by atoms with E-state index in [2.05, 4.69) is 5.32 Å². The maximum absolute atomic E-state index is 14.0. The lowest BCUT2D eigenvalue weighted by Gasteiger charge is -2.23. The minimum atomic E-state index is -1.21. The summed E-state index contributed by atoms with van der Waals surface area (Å²) in [5.41, 5.74) is 7.00. The Hall–Kier alpha value is -4.41. The van der Waals surface area contributed by atoms with E-state index in [1.165, 1.54) is 18.2 Å². The first-order chi connectivity index (χ1) is 20.5. The highest BCUT2D eigenvalue weighted by atomic mass is 19.1. The summed E-state index contributed by atoms with van der Waals surface area (Å²) in [6.07, 6.45) is 2.52.